The van der Waals surface area contributed by atoms with Crippen molar-refractivity contribution in [1.82, 2.24) is 0 Å². The maximum atomic E-state index is 5.13. The molecule has 0 aliphatic heterocycles. The molecule has 2 nitrogen and oxygen atoms in total. The Morgan fingerprint density at radius 3 is 1.21 bits per heavy atom. The minimum absolute atomic E-state index is 0.888. The van der Waals surface area contributed by atoms with Crippen LogP contribution in [0.2, 0.25) is 0 Å². The summed E-state index contributed by atoms with van der Waals surface area (Å²) in [7, 11) is 3.35. The molecule has 0 unspecified atom stereocenters. The second kappa shape index (κ2) is 8.48. The van der Waals surface area contributed by atoms with E-state index in [2.05, 4.69) is 24.3 Å². The quantitative estimate of drug-likeness (QED) is 0.622. The summed E-state index contributed by atoms with van der Waals surface area (Å²) in [5.41, 5.74) is 0. The van der Waals surface area contributed by atoms with Gasteiger partial charge in [0.2, 0.25) is 0 Å². The van der Waals surface area contributed by atoms with E-state index in [9.17, 15) is 0 Å². The van der Waals surface area contributed by atoms with Crippen LogP contribution in [0.5, 0.6) is 11.5 Å². The Bertz CT molecular complexity index is 418. The van der Waals surface area contributed by atoms with Gasteiger partial charge < -0.3 is 9.47 Å². The number of ether oxygens (including phenoxy) is 2. The Morgan fingerprint density at radius 2 is 0.947 bits per heavy atom. The number of rotatable bonds is 4. The highest BCUT2D eigenvalue weighted by Gasteiger charge is 2.07. The molecule has 0 saturated carbocycles. The van der Waals surface area contributed by atoms with Crippen molar-refractivity contribution in [2.24, 2.45) is 0 Å². The lowest BCUT2D eigenvalue weighted by atomic mass is 10.3. The second-order valence-corrected chi connectivity index (χ2v) is 4.76. The largest absolute Gasteiger partial charge is 0.497 e. The monoisotopic (exact) mass is 277 g/mol. The summed E-state index contributed by atoms with van der Waals surface area (Å²) < 4.78 is 10.3. The van der Waals surface area contributed by atoms with Crippen LogP contribution in [0, 0.1) is 0 Å². The molecule has 0 saturated heterocycles. The van der Waals surface area contributed by atoms with Gasteiger partial charge in [0, 0.05) is 11.8 Å². The van der Waals surface area contributed by atoms with Crippen molar-refractivity contribution in [3.05, 3.63) is 48.5 Å². The summed E-state index contributed by atoms with van der Waals surface area (Å²) in [6.07, 6.45) is 0. The van der Waals surface area contributed by atoms with E-state index in [-0.39, 0.29) is 0 Å². The van der Waals surface area contributed by atoms with Gasteiger partial charge in [-0.05, 0) is 48.5 Å². The van der Waals surface area contributed by atoms with E-state index >= 15 is 0 Å². The fourth-order valence-electron chi connectivity index (χ4n) is 1.46. The molecule has 0 spiro atoms. The van der Waals surface area contributed by atoms with Gasteiger partial charge in [0.15, 0.2) is 9.79 Å². The average Bonchev–Trinajstić information content (AvgIpc) is 2.51. The lowest BCUT2D eigenvalue weighted by molar-refractivity contribution is 0.414. The zero-order valence-corrected chi connectivity index (χ0v) is 12.8. The zero-order valence-electron chi connectivity index (χ0n) is 11.9. The fraction of sp³-hybridized carbons (Fsp3) is 0.250. The van der Waals surface area contributed by atoms with Gasteiger partial charge in [-0.2, -0.15) is 0 Å². The van der Waals surface area contributed by atoms with Crippen molar-refractivity contribution in [2.75, 3.05) is 14.2 Å². The van der Waals surface area contributed by atoms with Crippen LogP contribution in [0.15, 0.2) is 58.3 Å². The van der Waals surface area contributed by atoms with E-state index < -0.39 is 0 Å². The predicted octanol–water partition coefficient (Wildman–Crippen LogP) is 3.96. The molecular formula is C16H21O2S+. The molecule has 0 fully saturated rings. The fourth-order valence-corrected chi connectivity index (χ4v) is 2.36. The van der Waals surface area contributed by atoms with Crippen LogP contribution in [0.4, 0.5) is 0 Å². The molecule has 2 aromatic rings. The Labute approximate surface area is 119 Å². The molecule has 3 heteroatoms. The van der Waals surface area contributed by atoms with Crippen LogP contribution in [0.25, 0.3) is 0 Å². The van der Waals surface area contributed by atoms with Crippen LogP contribution in [0.3, 0.4) is 0 Å². The zero-order chi connectivity index (χ0) is 14.1. The molecule has 0 aliphatic carbocycles. The van der Waals surface area contributed by atoms with Crippen LogP contribution in [-0.4, -0.2) is 14.2 Å². The third-order valence-electron chi connectivity index (χ3n) is 2.40. The van der Waals surface area contributed by atoms with Crippen molar-refractivity contribution in [1.29, 1.82) is 0 Å². The molecule has 2 aromatic carbocycles. The summed E-state index contributed by atoms with van der Waals surface area (Å²) in [6, 6.07) is 16.2. The Kier molecular flexibility index (Phi) is 6.90. The highest BCUT2D eigenvalue weighted by Crippen LogP contribution is 2.18. The molecule has 0 bridgehead atoms. The first-order valence-electron chi connectivity index (χ1n) is 6.31. The first kappa shape index (κ1) is 15.4. The molecule has 19 heavy (non-hydrogen) atoms. The number of thiol groups is 1. The molecule has 102 valence electrons. The SMILES string of the molecule is CC.COc1ccc([SH+]c2ccc(OC)cc2)cc1. The Balaban J connectivity index is 0.000000861. The third kappa shape index (κ3) is 4.87. The highest BCUT2D eigenvalue weighted by molar-refractivity contribution is 7.78. The Morgan fingerprint density at radius 1 is 0.632 bits per heavy atom. The lowest BCUT2D eigenvalue weighted by Crippen LogP contribution is -1.87. The minimum Gasteiger partial charge on any atom is -0.497 e. The average molecular weight is 277 g/mol. The third-order valence-corrected chi connectivity index (χ3v) is 3.52. The van der Waals surface area contributed by atoms with Gasteiger partial charge in [0.25, 0.3) is 0 Å². The van der Waals surface area contributed by atoms with Gasteiger partial charge in [0.05, 0.1) is 14.2 Å². The Hall–Kier alpha value is -1.61. The van der Waals surface area contributed by atoms with Gasteiger partial charge in [0.1, 0.15) is 11.5 Å². The number of hydrogen-bond donors (Lipinski definition) is 0. The predicted molar refractivity (Wildman–Crippen MR) is 82.6 cm³/mol. The number of hydrogen-bond acceptors (Lipinski definition) is 2. The van der Waals surface area contributed by atoms with Gasteiger partial charge in [-0.25, -0.2) is 0 Å². The van der Waals surface area contributed by atoms with Crippen LogP contribution in [-0.2, 0) is 11.8 Å². The molecule has 0 N–H and O–H groups in total. The minimum atomic E-state index is 0.888. The van der Waals surface area contributed by atoms with Crippen LogP contribution < -0.4 is 9.47 Å². The molecule has 0 radical (unpaired) electrons. The standard InChI is InChI=1S/C14H14O2S.C2H6/c1-15-11-3-7-13(8-4-11)17-14-9-5-12(16-2)6-10-14;1-2/h3-10H,1-2H3;1-2H3/p+1. The molecule has 0 amide bonds. The van der Waals surface area contributed by atoms with Crippen molar-refractivity contribution in [3.8, 4) is 11.5 Å². The summed E-state index contributed by atoms with van der Waals surface area (Å²) in [6.45, 7) is 4.00. The first-order chi connectivity index (χ1) is 9.31. The molecule has 0 atom stereocenters. The number of benzene rings is 2. The smallest absolute Gasteiger partial charge is 0.158 e. The van der Waals surface area contributed by atoms with Crippen molar-refractivity contribution >= 4 is 11.8 Å². The molecule has 2 rings (SSSR count). The van der Waals surface area contributed by atoms with Crippen molar-refractivity contribution in [2.45, 2.75) is 23.6 Å². The summed E-state index contributed by atoms with van der Waals surface area (Å²) >= 11 is 1.19. The van der Waals surface area contributed by atoms with Gasteiger partial charge in [-0.1, -0.05) is 13.8 Å². The van der Waals surface area contributed by atoms with Crippen molar-refractivity contribution in [3.63, 3.8) is 0 Å². The molecule has 0 aromatic heterocycles. The normalized spacial score (nSPS) is 9.26. The van der Waals surface area contributed by atoms with Gasteiger partial charge in [-0.3, -0.25) is 0 Å². The van der Waals surface area contributed by atoms with Gasteiger partial charge >= 0.3 is 0 Å². The van der Waals surface area contributed by atoms with E-state index in [4.69, 9.17) is 9.47 Å². The van der Waals surface area contributed by atoms with E-state index in [0.29, 0.717) is 0 Å². The van der Waals surface area contributed by atoms with E-state index in [1.807, 2.05) is 38.1 Å². The maximum Gasteiger partial charge on any atom is 0.158 e. The molecular weight excluding hydrogens is 256 g/mol. The lowest BCUT2D eigenvalue weighted by Gasteiger charge is -1.99. The first-order valence-corrected chi connectivity index (χ1v) is 7.21. The molecule has 0 heterocycles. The summed E-state index contributed by atoms with van der Waals surface area (Å²) in [5, 5.41) is 0. The summed E-state index contributed by atoms with van der Waals surface area (Å²) in [5.74, 6) is 1.78. The van der Waals surface area contributed by atoms with Crippen molar-refractivity contribution < 1.29 is 9.47 Å². The highest BCUT2D eigenvalue weighted by atomic mass is 32.2. The topological polar surface area (TPSA) is 18.5 Å². The van der Waals surface area contributed by atoms with E-state index in [0.717, 1.165) is 11.5 Å². The van der Waals surface area contributed by atoms with E-state index in [1.165, 1.54) is 21.6 Å². The van der Waals surface area contributed by atoms with Crippen LogP contribution in [0.1, 0.15) is 13.8 Å². The van der Waals surface area contributed by atoms with Gasteiger partial charge in [-0.15, -0.1) is 0 Å². The maximum absolute atomic E-state index is 5.13. The van der Waals surface area contributed by atoms with E-state index in [1.54, 1.807) is 14.2 Å². The summed E-state index contributed by atoms with van der Waals surface area (Å²) in [4.78, 5) is 2.49. The molecule has 0 aliphatic rings. The second-order valence-electron chi connectivity index (χ2n) is 3.51. The van der Waals surface area contributed by atoms with Crippen LogP contribution >= 0.6 is 0 Å². The number of methoxy groups -OCH3 is 2.